The van der Waals surface area contributed by atoms with Gasteiger partial charge in [-0.05, 0) is 0 Å². The summed E-state index contributed by atoms with van der Waals surface area (Å²) in [7, 11) is 1.79. The number of hydrogen-bond donors (Lipinski definition) is 1. The van der Waals surface area contributed by atoms with Crippen LogP contribution < -0.4 is 5.73 Å². The molecule has 0 unspecified atom stereocenters. The molecule has 0 spiro atoms. The molecule has 0 saturated carbocycles. The summed E-state index contributed by atoms with van der Waals surface area (Å²) in [6, 6.07) is 0. The van der Waals surface area contributed by atoms with Crippen molar-refractivity contribution in [2.75, 3.05) is 5.73 Å². The number of nitrogens with two attached hydrogens (primary N) is 1. The molecule has 0 atom stereocenters. The molecule has 56 valence electrons. The van der Waals surface area contributed by atoms with Crippen LogP contribution in [-0.4, -0.2) is 15.0 Å². The van der Waals surface area contributed by atoms with Gasteiger partial charge in [0.25, 0.3) is 0 Å². The Morgan fingerprint density at radius 1 is 1.50 bits per heavy atom. The maximum absolute atomic E-state index is 5.64. The van der Waals surface area contributed by atoms with E-state index in [4.69, 9.17) is 5.73 Å². The molecule has 2 N–H and O–H groups in total. The number of nitrogen functional groups attached to an aromatic ring is 1. The van der Waals surface area contributed by atoms with E-state index < -0.39 is 0 Å². The lowest BCUT2D eigenvalue weighted by Crippen LogP contribution is -2.00. The van der Waals surface area contributed by atoms with E-state index in [1.165, 1.54) is 0 Å². The van der Waals surface area contributed by atoms with Gasteiger partial charge in [0.2, 0.25) is 0 Å². The zero-order chi connectivity index (χ0) is 7.72. The fourth-order valence-corrected chi connectivity index (χ4v) is 0.792. The molecule has 4 nitrogen and oxygen atoms in total. The molecule has 0 aliphatic carbocycles. The summed E-state index contributed by atoms with van der Waals surface area (Å²) in [6.07, 6.45) is 0. The molecule has 0 aliphatic heterocycles. The van der Waals surface area contributed by atoms with Gasteiger partial charge in [-0.1, -0.05) is 19.1 Å². The van der Waals surface area contributed by atoms with Crippen LogP contribution in [0, 0.1) is 0 Å². The Morgan fingerprint density at radius 3 is 2.30 bits per heavy atom. The normalized spacial score (nSPS) is 10.8. The van der Waals surface area contributed by atoms with E-state index in [0.717, 1.165) is 5.69 Å². The fourth-order valence-electron chi connectivity index (χ4n) is 0.792. The summed E-state index contributed by atoms with van der Waals surface area (Å²) < 4.78 is 1.58. The first-order valence-corrected chi connectivity index (χ1v) is 3.28. The third kappa shape index (κ3) is 0.964. The van der Waals surface area contributed by atoms with Gasteiger partial charge in [0, 0.05) is 13.0 Å². The van der Waals surface area contributed by atoms with Crippen LogP contribution >= 0.6 is 0 Å². The quantitative estimate of drug-likeness (QED) is 0.618. The zero-order valence-electron chi connectivity index (χ0n) is 6.50. The molecule has 0 saturated heterocycles. The molecule has 1 rings (SSSR count). The van der Waals surface area contributed by atoms with Gasteiger partial charge in [-0.2, -0.15) is 0 Å². The first kappa shape index (κ1) is 7.05. The standard InChI is InChI=1S/C6H12N4/c1-4(2)5-6(7)10(3)9-8-5/h4H,7H2,1-3H3. The lowest BCUT2D eigenvalue weighted by molar-refractivity contribution is 0.716. The van der Waals surface area contributed by atoms with Crippen molar-refractivity contribution in [1.29, 1.82) is 0 Å². The van der Waals surface area contributed by atoms with Crippen LogP contribution in [0.15, 0.2) is 0 Å². The second kappa shape index (κ2) is 2.28. The molecule has 10 heavy (non-hydrogen) atoms. The van der Waals surface area contributed by atoms with Crippen LogP contribution in [0.25, 0.3) is 0 Å². The van der Waals surface area contributed by atoms with Crippen molar-refractivity contribution in [3.8, 4) is 0 Å². The van der Waals surface area contributed by atoms with E-state index in [1.54, 1.807) is 11.7 Å². The molecule has 0 fully saturated rings. The smallest absolute Gasteiger partial charge is 0.145 e. The van der Waals surface area contributed by atoms with Gasteiger partial charge < -0.3 is 5.73 Å². The Kier molecular flexibility index (Phi) is 1.61. The molecular formula is C6H12N4. The molecule has 0 aliphatic rings. The zero-order valence-corrected chi connectivity index (χ0v) is 6.50. The number of aryl methyl sites for hydroxylation is 1. The van der Waals surface area contributed by atoms with Crippen molar-refractivity contribution in [2.45, 2.75) is 19.8 Å². The molecule has 0 radical (unpaired) electrons. The Labute approximate surface area is 60.0 Å². The Morgan fingerprint density at radius 2 is 2.10 bits per heavy atom. The molecular weight excluding hydrogens is 128 g/mol. The molecule has 1 aromatic heterocycles. The highest BCUT2D eigenvalue weighted by atomic mass is 15.4. The van der Waals surface area contributed by atoms with Gasteiger partial charge in [-0.25, -0.2) is 4.68 Å². The third-order valence-electron chi connectivity index (χ3n) is 1.44. The topological polar surface area (TPSA) is 56.7 Å². The van der Waals surface area contributed by atoms with E-state index >= 15 is 0 Å². The summed E-state index contributed by atoms with van der Waals surface area (Å²) in [6.45, 7) is 4.08. The molecule has 0 amide bonds. The second-order valence-corrected chi connectivity index (χ2v) is 2.64. The van der Waals surface area contributed by atoms with E-state index in [0.29, 0.717) is 11.7 Å². The second-order valence-electron chi connectivity index (χ2n) is 2.64. The average molecular weight is 140 g/mol. The highest BCUT2D eigenvalue weighted by Crippen LogP contribution is 2.16. The first-order chi connectivity index (χ1) is 4.63. The summed E-state index contributed by atoms with van der Waals surface area (Å²) >= 11 is 0. The molecule has 0 bridgehead atoms. The van der Waals surface area contributed by atoms with E-state index in [9.17, 15) is 0 Å². The minimum absolute atomic E-state index is 0.355. The average Bonchev–Trinajstić information content (AvgIpc) is 2.14. The number of aromatic nitrogens is 3. The van der Waals surface area contributed by atoms with Crippen LogP contribution in [0.3, 0.4) is 0 Å². The van der Waals surface area contributed by atoms with Crippen molar-refractivity contribution in [2.24, 2.45) is 7.05 Å². The van der Waals surface area contributed by atoms with Crippen LogP contribution in [0.2, 0.25) is 0 Å². The summed E-state index contributed by atoms with van der Waals surface area (Å²) in [5.41, 5.74) is 6.52. The Hall–Kier alpha value is -1.06. The monoisotopic (exact) mass is 140 g/mol. The largest absolute Gasteiger partial charge is 0.382 e. The predicted molar refractivity (Wildman–Crippen MR) is 39.5 cm³/mol. The number of nitrogens with zero attached hydrogens (tertiary/aromatic N) is 3. The highest BCUT2D eigenvalue weighted by molar-refractivity contribution is 5.35. The van der Waals surface area contributed by atoms with Crippen LogP contribution in [0.1, 0.15) is 25.5 Å². The minimum Gasteiger partial charge on any atom is -0.382 e. The number of rotatable bonds is 1. The SMILES string of the molecule is CC(C)c1nnn(C)c1N. The molecule has 1 heterocycles. The van der Waals surface area contributed by atoms with Crippen LogP contribution in [0.5, 0.6) is 0 Å². The third-order valence-corrected chi connectivity index (χ3v) is 1.44. The van der Waals surface area contributed by atoms with Gasteiger partial charge in [-0.15, -0.1) is 5.10 Å². The maximum atomic E-state index is 5.64. The molecule has 0 aromatic carbocycles. The Balaban J connectivity index is 3.05. The van der Waals surface area contributed by atoms with Gasteiger partial charge in [-0.3, -0.25) is 0 Å². The van der Waals surface area contributed by atoms with Gasteiger partial charge in [0.15, 0.2) is 0 Å². The van der Waals surface area contributed by atoms with Crippen LogP contribution in [0.4, 0.5) is 5.82 Å². The van der Waals surface area contributed by atoms with Gasteiger partial charge in [0.05, 0.1) is 0 Å². The van der Waals surface area contributed by atoms with Crippen molar-refractivity contribution in [1.82, 2.24) is 15.0 Å². The van der Waals surface area contributed by atoms with Crippen molar-refractivity contribution in [3.63, 3.8) is 0 Å². The predicted octanol–water partition coefficient (Wildman–Crippen LogP) is 0.521. The highest BCUT2D eigenvalue weighted by Gasteiger charge is 2.09. The maximum Gasteiger partial charge on any atom is 0.145 e. The Bertz CT molecular complexity index is 226. The molecule has 1 aromatic rings. The number of anilines is 1. The van der Waals surface area contributed by atoms with Crippen molar-refractivity contribution >= 4 is 5.82 Å². The lowest BCUT2D eigenvalue weighted by atomic mass is 10.1. The van der Waals surface area contributed by atoms with Crippen LogP contribution in [-0.2, 0) is 7.05 Å². The first-order valence-electron chi connectivity index (χ1n) is 3.28. The summed E-state index contributed by atoms with van der Waals surface area (Å²) in [4.78, 5) is 0. The van der Waals surface area contributed by atoms with Gasteiger partial charge >= 0.3 is 0 Å². The van der Waals surface area contributed by atoms with E-state index in [-0.39, 0.29) is 0 Å². The minimum atomic E-state index is 0.355. The fraction of sp³-hybridized carbons (Fsp3) is 0.667. The van der Waals surface area contributed by atoms with Crippen molar-refractivity contribution in [3.05, 3.63) is 5.69 Å². The summed E-state index contributed by atoms with van der Waals surface area (Å²) in [5.74, 6) is 1.02. The molecule has 4 heteroatoms. The lowest BCUT2D eigenvalue weighted by Gasteiger charge is -1.99. The van der Waals surface area contributed by atoms with Gasteiger partial charge in [0.1, 0.15) is 11.5 Å². The summed E-state index contributed by atoms with van der Waals surface area (Å²) in [5, 5.41) is 7.68. The number of hydrogen-bond acceptors (Lipinski definition) is 3. The van der Waals surface area contributed by atoms with Crippen molar-refractivity contribution < 1.29 is 0 Å². The van der Waals surface area contributed by atoms with E-state index in [1.807, 2.05) is 13.8 Å². The van der Waals surface area contributed by atoms with E-state index in [2.05, 4.69) is 10.3 Å².